The van der Waals surface area contributed by atoms with Crippen molar-refractivity contribution in [3.05, 3.63) is 0 Å². The summed E-state index contributed by atoms with van der Waals surface area (Å²) in [5.41, 5.74) is -0.958. The molecule has 0 aromatic heterocycles. The monoisotopic (exact) mass is 328 g/mol. The van der Waals surface area contributed by atoms with E-state index in [2.05, 4.69) is 20.8 Å². The zero-order valence-electron chi connectivity index (χ0n) is 16.4. The van der Waals surface area contributed by atoms with Crippen molar-refractivity contribution in [2.75, 3.05) is 6.61 Å². The van der Waals surface area contributed by atoms with E-state index < -0.39 is 11.0 Å². The maximum absolute atomic E-state index is 12.5. The normalized spacial score (nSPS) is 15.0. The molecular weight excluding hydrogens is 292 g/mol. The van der Waals surface area contributed by atoms with Crippen LogP contribution in [0.5, 0.6) is 0 Å². The number of rotatable bonds is 8. The molecule has 0 radical (unpaired) electrons. The van der Waals surface area contributed by atoms with E-state index in [-0.39, 0.29) is 23.8 Å². The van der Waals surface area contributed by atoms with Crippen molar-refractivity contribution in [1.82, 2.24) is 0 Å². The van der Waals surface area contributed by atoms with Crippen molar-refractivity contribution < 1.29 is 19.1 Å². The van der Waals surface area contributed by atoms with Crippen molar-refractivity contribution in [2.24, 2.45) is 10.8 Å². The first-order chi connectivity index (χ1) is 10.4. The number of hydrogen-bond donors (Lipinski definition) is 0. The fraction of sp³-hybridized carbons (Fsp3) is 0.895. The second-order valence-corrected chi connectivity index (χ2v) is 8.50. The first-order valence-electron chi connectivity index (χ1n) is 8.74. The molecule has 0 spiro atoms. The summed E-state index contributed by atoms with van der Waals surface area (Å²) in [5.74, 6) is -0.439. The largest absolute Gasteiger partial charge is 0.466 e. The van der Waals surface area contributed by atoms with Gasteiger partial charge in [-0.05, 0) is 58.8 Å². The van der Waals surface area contributed by atoms with Gasteiger partial charge in [0.15, 0.2) is 0 Å². The van der Waals surface area contributed by atoms with Crippen LogP contribution in [-0.2, 0) is 19.1 Å². The molecule has 0 amide bonds. The third-order valence-corrected chi connectivity index (χ3v) is 3.97. The lowest BCUT2D eigenvalue weighted by molar-refractivity contribution is -0.160. The summed E-state index contributed by atoms with van der Waals surface area (Å²) in [5, 5.41) is 0. The molecule has 1 atom stereocenters. The second-order valence-electron chi connectivity index (χ2n) is 8.50. The summed E-state index contributed by atoms with van der Waals surface area (Å²) in [6, 6.07) is 0. The quantitative estimate of drug-likeness (QED) is 0.595. The predicted molar refractivity (Wildman–Crippen MR) is 93.1 cm³/mol. The van der Waals surface area contributed by atoms with E-state index in [9.17, 15) is 9.59 Å². The van der Waals surface area contributed by atoms with Gasteiger partial charge in [-0.25, -0.2) is 0 Å². The van der Waals surface area contributed by atoms with Crippen LogP contribution in [0.1, 0.15) is 87.5 Å². The van der Waals surface area contributed by atoms with Gasteiger partial charge in [0.25, 0.3) is 0 Å². The van der Waals surface area contributed by atoms with Crippen molar-refractivity contribution in [1.29, 1.82) is 0 Å². The Bertz CT molecular complexity index is 387. The van der Waals surface area contributed by atoms with Crippen molar-refractivity contribution in [3.8, 4) is 0 Å². The van der Waals surface area contributed by atoms with Crippen LogP contribution in [0.25, 0.3) is 0 Å². The molecule has 0 aromatic rings. The van der Waals surface area contributed by atoms with Crippen LogP contribution in [0.15, 0.2) is 0 Å². The van der Waals surface area contributed by atoms with Gasteiger partial charge in [-0.15, -0.1) is 0 Å². The van der Waals surface area contributed by atoms with Crippen LogP contribution in [0.2, 0.25) is 0 Å². The number of hydrogen-bond acceptors (Lipinski definition) is 4. The first kappa shape index (κ1) is 21.9. The minimum atomic E-state index is -0.597. The molecule has 0 aliphatic carbocycles. The lowest BCUT2D eigenvalue weighted by Crippen LogP contribution is -2.35. The van der Waals surface area contributed by atoms with Gasteiger partial charge in [-0.1, -0.05) is 27.7 Å². The van der Waals surface area contributed by atoms with Crippen LogP contribution in [-0.4, -0.2) is 24.1 Å². The van der Waals surface area contributed by atoms with Gasteiger partial charge in [-0.2, -0.15) is 0 Å². The van der Waals surface area contributed by atoms with Gasteiger partial charge in [0.05, 0.1) is 12.0 Å². The molecule has 0 aromatic carbocycles. The minimum absolute atomic E-state index is 0.138. The summed E-state index contributed by atoms with van der Waals surface area (Å²) < 4.78 is 10.7. The Morgan fingerprint density at radius 3 is 1.83 bits per heavy atom. The van der Waals surface area contributed by atoms with Gasteiger partial charge in [0.1, 0.15) is 5.60 Å². The molecule has 0 heterocycles. The van der Waals surface area contributed by atoms with E-state index in [4.69, 9.17) is 9.47 Å². The Kier molecular flexibility index (Phi) is 8.30. The average molecular weight is 328 g/mol. The number of esters is 2. The van der Waals surface area contributed by atoms with Crippen molar-refractivity contribution >= 4 is 11.9 Å². The third kappa shape index (κ3) is 8.97. The summed E-state index contributed by atoms with van der Waals surface area (Å²) in [6.45, 7) is 16.2. The Morgan fingerprint density at radius 2 is 1.43 bits per heavy atom. The molecule has 1 unspecified atom stereocenters. The zero-order valence-corrected chi connectivity index (χ0v) is 16.4. The molecule has 23 heavy (non-hydrogen) atoms. The second kappa shape index (κ2) is 8.70. The van der Waals surface area contributed by atoms with Gasteiger partial charge >= 0.3 is 11.9 Å². The lowest BCUT2D eigenvalue weighted by atomic mass is 9.73. The summed E-state index contributed by atoms with van der Waals surface area (Å²) in [7, 11) is 0. The minimum Gasteiger partial charge on any atom is -0.466 e. The highest BCUT2D eigenvalue weighted by atomic mass is 16.6. The van der Waals surface area contributed by atoms with Crippen molar-refractivity contribution in [3.63, 3.8) is 0 Å². The Hall–Kier alpha value is -1.06. The van der Waals surface area contributed by atoms with Crippen LogP contribution >= 0.6 is 0 Å². The van der Waals surface area contributed by atoms with Crippen molar-refractivity contribution in [2.45, 2.75) is 93.1 Å². The SMILES string of the molecule is CCOC(=O)C(CC)(CCC(=O)OC(C)(C)C)CCC(C)(C)C. The number of ether oxygens (including phenoxy) is 2. The topological polar surface area (TPSA) is 52.6 Å². The number of carbonyl (C=O) groups excluding carboxylic acids is 2. The molecule has 0 saturated heterocycles. The fourth-order valence-corrected chi connectivity index (χ4v) is 2.46. The van der Waals surface area contributed by atoms with E-state index in [1.54, 1.807) is 0 Å². The van der Waals surface area contributed by atoms with Crippen LogP contribution < -0.4 is 0 Å². The standard InChI is InChI=1S/C19H36O4/c1-9-19(16(21)22-10-2,14-13-17(3,4)5)12-11-15(20)23-18(6,7)8/h9-14H2,1-8H3. The number of carbonyl (C=O) groups is 2. The summed E-state index contributed by atoms with van der Waals surface area (Å²) >= 11 is 0. The first-order valence-corrected chi connectivity index (χ1v) is 8.74. The van der Waals surface area contributed by atoms with E-state index >= 15 is 0 Å². The maximum atomic E-state index is 12.5. The van der Waals surface area contributed by atoms with Gasteiger partial charge in [0.2, 0.25) is 0 Å². The Balaban J connectivity index is 5.03. The highest BCUT2D eigenvalue weighted by molar-refractivity contribution is 5.78. The molecule has 136 valence electrons. The van der Waals surface area contributed by atoms with E-state index in [1.165, 1.54) is 0 Å². The summed E-state index contributed by atoms with van der Waals surface area (Å²) in [4.78, 5) is 24.6. The average Bonchev–Trinajstić information content (AvgIpc) is 2.36. The lowest BCUT2D eigenvalue weighted by Gasteiger charge is -2.33. The van der Waals surface area contributed by atoms with E-state index in [1.807, 2.05) is 34.6 Å². The molecular formula is C19H36O4. The molecule has 4 heteroatoms. The Labute approximate surface area is 142 Å². The molecule has 0 aliphatic heterocycles. The van der Waals surface area contributed by atoms with E-state index in [0.717, 1.165) is 12.8 Å². The predicted octanol–water partition coefficient (Wildman–Crippen LogP) is 4.89. The van der Waals surface area contributed by atoms with Crippen LogP contribution in [0, 0.1) is 10.8 Å². The Morgan fingerprint density at radius 1 is 0.870 bits per heavy atom. The van der Waals surface area contributed by atoms with Gasteiger partial charge < -0.3 is 9.47 Å². The zero-order chi connectivity index (χ0) is 18.3. The molecule has 0 saturated carbocycles. The summed E-state index contributed by atoms with van der Waals surface area (Å²) in [6.07, 6.45) is 3.04. The fourth-order valence-electron chi connectivity index (χ4n) is 2.46. The molecule has 0 N–H and O–H groups in total. The molecule has 0 bridgehead atoms. The molecule has 4 nitrogen and oxygen atoms in total. The highest BCUT2D eigenvalue weighted by Gasteiger charge is 2.39. The van der Waals surface area contributed by atoms with Crippen LogP contribution in [0.4, 0.5) is 0 Å². The van der Waals surface area contributed by atoms with Gasteiger partial charge in [0, 0.05) is 6.42 Å². The molecule has 0 aliphatic rings. The molecule has 0 rings (SSSR count). The smallest absolute Gasteiger partial charge is 0.312 e. The maximum Gasteiger partial charge on any atom is 0.312 e. The van der Waals surface area contributed by atoms with Crippen LogP contribution in [0.3, 0.4) is 0 Å². The third-order valence-electron chi connectivity index (χ3n) is 3.97. The van der Waals surface area contributed by atoms with E-state index in [0.29, 0.717) is 19.4 Å². The van der Waals surface area contributed by atoms with Gasteiger partial charge in [-0.3, -0.25) is 9.59 Å². The molecule has 0 fully saturated rings. The highest BCUT2D eigenvalue weighted by Crippen LogP contribution is 2.39.